The average Bonchev–Trinajstić information content (AvgIpc) is 2.44. The third kappa shape index (κ3) is 9.49. The highest BCUT2D eigenvalue weighted by Gasteiger charge is 2.22. The van der Waals surface area contributed by atoms with Gasteiger partial charge in [0.15, 0.2) is 0 Å². The molecule has 8 heteroatoms. The van der Waals surface area contributed by atoms with Crippen molar-refractivity contribution in [3.8, 4) is 0 Å². The van der Waals surface area contributed by atoms with Crippen LogP contribution in [0.5, 0.6) is 0 Å². The van der Waals surface area contributed by atoms with E-state index in [9.17, 15) is 18.3 Å². The van der Waals surface area contributed by atoms with E-state index in [0.717, 1.165) is 5.56 Å². The summed E-state index contributed by atoms with van der Waals surface area (Å²) in [6, 6.07) is 9.43. The standard InChI is InChI=1S/C16H25NO6S/c1-16(2,3)23-15(19)17-24(20,21)10-9-14(18)12-22-11-13-7-5-4-6-8-13/h4-8,14,18H,9-12H2,1-3H3,(H,17,19). The van der Waals surface area contributed by atoms with Crippen molar-refractivity contribution >= 4 is 16.1 Å². The van der Waals surface area contributed by atoms with Crippen LogP contribution in [0.25, 0.3) is 0 Å². The number of aliphatic hydroxyl groups is 1. The first-order chi connectivity index (χ1) is 11.1. The van der Waals surface area contributed by atoms with Crippen molar-refractivity contribution in [3.63, 3.8) is 0 Å². The second kappa shape index (κ2) is 9.00. The normalized spacial score (nSPS) is 13.3. The maximum Gasteiger partial charge on any atom is 0.421 e. The Balaban J connectivity index is 2.29. The number of ether oxygens (including phenoxy) is 2. The van der Waals surface area contributed by atoms with Crippen molar-refractivity contribution in [2.45, 2.75) is 45.5 Å². The fourth-order valence-electron chi connectivity index (χ4n) is 1.74. The van der Waals surface area contributed by atoms with Gasteiger partial charge in [0, 0.05) is 0 Å². The van der Waals surface area contributed by atoms with E-state index < -0.39 is 33.6 Å². The molecule has 0 saturated carbocycles. The molecule has 0 aromatic heterocycles. The summed E-state index contributed by atoms with van der Waals surface area (Å²) in [5.74, 6) is -0.401. The van der Waals surface area contributed by atoms with Crippen LogP contribution in [0, 0.1) is 0 Å². The van der Waals surface area contributed by atoms with Crippen LogP contribution in [0.1, 0.15) is 32.8 Å². The molecule has 0 aliphatic carbocycles. The fourth-order valence-corrected chi connectivity index (χ4v) is 2.72. The molecule has 0 aliphatic rings. The number of hydrogen-bond acceptors (Lipinski definition) is 6. The summed E-state index contributed by atoms with van der Waals surface area (Å²) in [6.07, 6.45) is -2.02. The highest BCUT2D eigenvalue weighted by Crippen LogP contribution is 2.07. The maximum absolute atomic E-state index is 11.8. The van der Waals surface area contributed by atoms with Crippen LogP contribution in [-0.2, 0) is 26.1 Å². The summed E-state index contributed by atoms with van der Waals surface area (Å²) in [4.78, 5) is 11.4. The van der Waals surface area contributed by atoms with Gasteiger partial charge < -0.3 is 14.6 Å². The van der Waals surface area contributed by atoms with E-state index in [1.807, 2.05) is 35.1 Å². The Morgan fingerprint density at radius 1 is 1.25 bits per heavy atom. The predicted octanol–water partition coefficient (Wildman–Crippen LogP) is 1.81. The van der Waals surface area contributed by atoms with Gasteiger partial charge >= 0.3 is 6.09 Å². The third-order valence-corrected chi connectivity index (χ3v) is 4.03. The number of carbonyl (C=O) groups is 1. The number of nitrogens with one attached hydrogen (secondary N) is 1. The van der Waals surface area contributed by atoms with E-state index in [-0.39, 0.29) is 13.0 Å². The monoisotopic (exact) mass is 359 g/mol. The van der Waals surface area contributed by atoms with Gasteiger partial charge in [-0.15, -0.1) is 0 Å². The number of hydrogen-bond donors (Lipinski definition) is 2. The molecular formula is C16H25NO6S. The van der Waals surface area contributed by atoms with Crippen molar-refractivity contribution in [1.82, 2.24) is 4.72 Å². The van der Waals surface area contributed by atoms with Crippen LogP contribution in [0.2, 0.25) is 0 Å². The smallest absolute Gasteiger partial charge is 0.421 e. The largest absolute Gasteiger partial charge is 0.443 e. The molecule has 0 fully saturated rings. The molecular weight excluding hydrogens is 334 g/mol. The Hall–Kier alpha value is -1.64. The number of carbonyl (C=O) groups excluding carboxylic acids is 1. The number of aliphatic hydroxyl groups excluding tert-OH is 1. The Kier molecular flexibility index (Phi) is 7.65. The van der Waals surface area contributed by atoms with Crippen LogP contribution in [0.15, 0.2) is 30.3 Å². The van der Waals surface area contributed by atoms with Gasteiger partial charge in [0.2, 0.25) is 10.0 Å². The molecule has 24 heavy (non-hydrogen) atoms. The van der Waals surface area contributed by atoms with E-state index in [1.54, 1.807) is 20.8 Å². The minimum Gasteiger partial charge on any atom is -0.443 e. The Bertz CT molecular complexity index is 609. The van der Waals surface area contributed by atoms with E-state index in [4.69, 9.17) is 9.47 Å². The summed E-state index contributed by atoms with van der Waals surface area (Å²) in [5.41, 5.74) is 0.175. The second-order valence-electron chi connectivity index (χ2n) is 6.37. The lowest BCUT2D eigenvalue weighted by Crippen LogP contribution is -2.38. The van der Waals surface area contributed by atoms with Gasteiger partial charge in [-0.25, -0.2) is 17.9 Å². The van der Waals surface area contributed by atoms with Crippen molar-refractivity contribution in [2.75, 3.05) is 12.4 Å². The first-order valence-corrected chi connectivity index (χ1v) is 9.26. The number of benzene rings is 1. The van der Waals surface area contributed by atoms with Crippen LogP contribution in [0.3, 0.4) is 0 Å². The summed E-state index contributed by atoms with van der Waals surface area (Å²) in [6.45, 7) is 5.24. The highest BCUT2D eigenvalue weighted by molar-refractivity contribution is 7.90. The molecule has 0 radical (unpaired) electrons. The molecule has 7 nitrogen and oxygen atoms in total. The zero-order chi connectivity index (χ0) is 18.2. The minimum atomic E-state index is -3.87. The van der Waals surface area contributed by atoms with Gasteiger partial charge in [0.1, 0.15) is 5.60 Å². The molecule has 0 aliphatic heterocycles. The first kappa shape index (κ1) is 20.4. The molecule has 0 bridgehead atoms. The molecule has 1 rings (SSSR count). The Morgan fingerprint density at radius 3 is 2.46 bits per heavy atom. The lowest BCUT2D eigenvalue weighted by molar-refractivity contribution is 0.0272. The van der Waals surface area contributed by atoms with Gasteiger partial charge in [0.05, 0.1) is 25.1 Å². The molecule has 0 saturated heterocycles. The molecule has 136 valence electrons. The molecule has 0 heterocycles. The van der Waals surface area contributed by atoms with E-state index in [0.29, 0.717) is 6.61 Å². The van der Waals surface area contributed by atoms with Crippen molar-refractivity contribution in [1.29, 1.82) is 0 Å². The highest BCUT2D eigenvalue weighted by atomic mass is 32.2. The van der Waals surface area contributed by atoms with Crippen LogP contribution in [0.4, 0.5) is 4.79 Å². The lowest BCUT2D eigenvalue weighted by Gasteiger charge is -2.19. The van der Waals surface area contributed by atoms with Gasteiger partial charge in [-0.05, 0) is 32.8 Å². The topological polar surface area (TPSA) is 102 Å². The first-order valence-electron chi connectivity index (χ1n) is 7.60. The summed E-state index contributed by atoms with van der Waals surface area (Å²) in [5, 5.41) is 9.78. The molecule has 1 amide bonds. The van der Waals surface area contributed by atoms with E-state index >= 15 is 0 Å². The second-order valence-corrected chi connectivity index (χ2v) is 8.21. The van der Waals surface area contributed by atoms with E-state index in [2.05, 4.69) is 0 Å². The SMILES string of the molecule is CC(C)(C)OC(=O)NS(=O)(=O)CCC(O)COCc1ccccc1. The summed E-state index contributed by atoms with van der Waals surface area (Å²) in [7, 11) is -3.87. The average molecular weight is 359 g/mol. The number of amides is 1. The lowest BCUT2D eigenvalue weighted by atomic mass is 10.2. The van der Waals surface area contributed by atoms with Gasteiger partial charge in [0.25, 0.3) is 0 Å². The molecule has 0 spiro atoms. The van der Waals surface area contributed by atoms with Crippen LogP contribution < -0.4 is 4.72 Å². The fraction of sp³-hybridized carbons (Fsp3) is 0.562. The maximum atomic E-state index is 11.8. The molecule has 2 N–H and O–H groups in total. The number of sulfonamides is 1. The Morgan fingerprint density at radius 2 is 1.88 bits per heavy atom. The molecule has 1 aromatic carbocycles. The van der Waals surface area contributed by atoms with Gasteiger partial charge in [-0.1, -0.05) is 30.3 Å². The summed E-state index contributed by atoms with van der Waals surface area (Å²) < 4.78 is 35.5. The predicted molar refractivity (Wildman–Crippen MR) is 89.9 cm³/mol. The zero-order valence-corrected chi connectivity index (χ0v) is 15.0. The van der Waals surface area contributed by atoms with Crippen molar-refractivity contribution in [2.24, 2.45) is 0 Å². The van der Waals surface area contributed by atoms with Crippen LogP contribution >= 0.6 is 0 Å². The number of rotatable bonds is 8. The van der Waals surface area contributed by atoms with Crippen molar-refractivity contribution < 1.29 is 27.8 Å². The van der Waals surface area contributed by atoms with Gasteiger partial charge in [-0.3, -0.25) is 0 Å². The third-order valence-electron chi connectivity index (χ3n) is 2.78. The summed E-state index contributed by atoms with van der Waals surface area (Å²) >= 11 is 0. The quantitative estimate of drug-likeness (QED) is 0.734. The Labute approximate surface area is 143 Å². The zero-order valence-electron chi connectivity index (χ0n) is 14.2. The van der Waals surface area contributed by atoms with E-state index in [1.165, 1.54) is 0 Å². The molecule has 1 atom stereocenters. The molecule has 1 aromatic rings. The molecule has 1 unspecified atom stereocenters. The minimum absolute atomic E-state index is 0.0108. The van der Waals surface area contributed by atoms with Crippen molar-refractivity contribution in [3.05, 3.63) is 35.9 Å². The van der Waals surface area contributed by atoms with Gasteiger partial charge in [-0.2, -0.15) is 0 Å². The van der Waals surface area contributed by atoms with Crippen LogP contribution in [-0.4, -0.2) is 43.7 Å².